The van der Waals surface area contributed by atoms with E-state index in [0.29, 0.717) is 6.42 Å². The van der Waals surface area contributed by atoms with Crippen LogP contribution in [0.4, 0.5) is 0 Å². The number of unbranched alkanes of at least 4 members (excludes halogenated alkanes) is 23. The minimum atomic E-state index is -0.649. The topological polar surface area (TPSA) is 49.3 Å². The number of carboxylic acid groups (broad SMARTS) is 1. The third-order valence-corrected chi connectivity index (χ3v) is 6.24. The first-order valence-corrected chi connectivity index (χ1v) is 14.5. The molecule has 0 bridgehead atoms. The molecule has 0 fully saturated rings. The minimum absolute atomic E-state index is 0.346. The SMILES string of the molecule is CCCCCCCCCCCCCCCCCCCCCCCCCCC(=O)O.CNC. The van der Waals surface area contributed by atoms with Gasteiger partial charge in [-0.05, 0) is 20.5 Å². The quantitative estimate of drug-likeness (QED) is 0.135. The predicted octanol–water partition coefficient (Wildman–Crippen LogP) is 9.68. The lowest BCUT2D eigenvalue weighted by molar-refractivity contribution is -0.137. The standard InChI is InChI=1S/C27H54O2.C2H7N/c1-2-3-4-5-6-7-8-9-10-11-12-13-14-15-16-17-18-19-20-21-22-23-24-25-26-27(28)29;1-3-2/h2-26H2,1H3,(H,28,29);3H,1-2H3. The van der Waals surface area contributed by atoms with Gasteiger partial charge in [-0.1, -0.05) is 155 Å². The first kappa shape index (κ1) is 33.6. The van der Waals surface area contributed by atoms with Crippen molar-refractivity contribution in [2.75, 3.05) is 14.1 Å². The monoisotopic (exact) mass is 455 g/mol. The minimum Gasteiger partial charge on any atom is -0.481 e. The molecule has 0 atom stereocenters. The van der Waals surface area contributed by atoms with Gasteiger partial charge in [-0.25, -0.2) is 0 Å². The van der Waals surface area contributed by atoms with E-state index in [1.807, 2.05) is 14.1 Å². The van der Waals surface area contributed by atoms with Gasteiger partial charge in [0.2, 0.25) is 0 Å². The first-order chi connectivity index (χ1) is 15.7. The summed E-state index contributed by atoms with van der Waals surface area (Å²) in [6, 6.07) is 0. The van der Waals surface area contributed by atoms with Crippen molar-refractivity contribution in [1.82, 2.24) is 5.32 Å². The molecule has 0 heterocycles. The van der Waals surface area contributed by atoms with Gasteiger partial charge in [-0.15, -0.1) is 0 Å². The second-order valence-electron chi connectivity index (χ2n) is 9.78. The second kappa shape index (κ2) is 32.6. The van der Waals surface area contributed by atoms with Crippen molar-refractivity contribution in [1.29, 1.82) is 0 Å². The van der Waals surface area contributed by atoms with Gasteiger partial charge in [0.05, 0.1) is 0 Å². The molecule has 0 unspecified atom stereocenters. The van der Waals surface area contributed by atoms with Gasteiger partial charge in [0.1, 0.15) is 0 Å². The molecule has 0 saturated heterocycles. The van der Waals surface area contributed by atoms with Crippen LogP contribution in [0.2, 0.25) is 0 Å². The van der Waals surface area contributed by atoms with E-state index < -0.39 is 5.97 Å². The average Bonchev–Trinajstić information content (AvgIpc) is 2.77. The van der Waals surface area contributed by atoms with Crippen LogP contribution >= 0.6 is 0 Å². The maximum absolute atomic E-state index is 10.4. The molecule has 194 valence electrons. The largest absolute Gasteiger partial charge is 0.481 e. The summed E-state index contributed by atoms with van der Waals surface area (Å²) in [5.41, 5.74) is 0. The predicted molar refractivity (Wildman–Crippen MR) is 144 cm³/mol. The van der Waals surface area contributed by atoms with E-state index in [9.17, 15) is 4.79 Å². The normalized spacial score (nSPS) is 10.7. The summed E-state index contributed by atoms with van der Waals surface area (Å²) in [4.78, 5) is 10.4. The Morgan fingerprint density at radius 2 is 0.656 bits per heavy atom. The van der Waals surface area contributed by atoms with Crippen molar-refractivity contribution in [3.8, 4) is 0 Å². The molecule has 0 saturated carbocycles. The lowest BCUT2D eigenvalue weighted by atomic mass is 10.0. The fourth-order valence-electron chi connectivity index (χ4n) is 4.24. The number of carbonyl (C=O) groups is 1. The smallest absolute Gasteiger partial charge is 0.303 e. The van der Waals surface area contributed by atoms with Gasteiger partial charge in [0, 0.05) is 6.42 Å². The molecule has 0 radical (unpaired) electrons. The summed E-state index contributed by atoms with van der Waals surface area (Å²) >= 11 is 0. The molecule has 0 aromatic rings. The first-order valence-electron chi connectivity index (χ1n) is 14.5. The summed E-state index contributed by atoms with van der Waals surface area (Å²) in [5, 5.41) is 11.3. The van der Waals surface area contributed by atoms with Gasteiger partial charge in [0.25, 0.3) is 0 Å². The zero-order valence-corrected chi connectivity index (χ0v) is 22.5. The highest BCUT2D eigenvalue weighted by Crippen LogP contribution is 2.15. The van der Waals surface area contributed by atoms with Crippen LogP contribution in [0.3, 0.4) is 0 Å². The van der Waals surface area contributed by atoms with Crippen LogP contribution in [0.25, 0.3) is 0 Å². The van der Waals surface area contributed by atoms with Gasteiger partial charge in [0.15, 0.2) is 0 Å². The third-order valence-electron chi connectivity index (χ3n) is 6.24. The summed E-state index contributed by atoms with van der Waals surface area (Å²) in [6.45, 7) is 2.29. The van der Waals surface area contributed by atoms with E-state index in [2.05, 4.69) is 12.2 Å². The zero-order valence-electron chi connectivity index (χ0n) is 22.5. The Morgan fingerprint density at radius 3 is 0.844 bits per heavy atom. The summed E-state index contributed by atoms with van der Waals surface area (Å²) in [5.74, 6) is -0.649. The van der Waals surface area contributed by atoms with Gasteiger partial charge < -0.3 is 10.4 Å². The Balaban J connectivity index is 0. The van der Waals surface area contributed by atoms with E-state index in [-0.39, 0.29) is 0 Å². The van der Waals surface area contributed by atoms with Crippen LogP contribution in [0.1, 0.15) is 167 Å². The maximum atomic E-state index is 10.4. The number of rotatable bonds is 25. The number of hydrogen-bond donors (Lipinski definition) is 2. The maximum Gasteiger partial charge on any atom is 0.303 e. The molecule has 32 heavy (non-hydrogen) atoms. The molecule has 0 aromatic heterocycles. The molecule has 0 aliphatic rings. The molecular weight excluding hydrogens is 394 g/mol. The van der Waals surface area contributed by atoms with E-state index in [1.54, 1.807) is 0 Å². The lowest BCUT2D eigenvalue weighted by Crippen LogP contribution is -1.93. The number of carboxylic acids is 1. The molecule has 3 heteroatoms. The third kappa shape index (κ3) is 36.8. The molecule has 0 aliphatic carbocycles. The molecule has 0 spiro atoms. The van der Waals surface area contributed by atoms with Crippen LogP contribution in [0, 0.1) is 0 Å². The van der Waals surface area contributed by atoms with Crippen LogP contribution in [-0.2, 0) is 4.79 Å². The summed E-state index contributed by atoms with van der Waals surface area (Å²) in [7, 11) is 3.75. The fraction of sp³-hybridized carbons (Fsp3) is 0.966. The number of nitrogens with one attached hydrogen (secondary N) is 1. The summed E-state index contributed by atoms with van der Waals surface area (Å²) < 4.78 is 0. The second-order valence-corrected chi connectivity index (χ2v) is 9.78. The highest BCUT2D eigenvalue weighted by molar-refractivity contribution is 5.66. The van der Waals surface area contributed by atoms with Crippen LogP contribution in [-0.4, -0.2) is 25.2 Å². The van der Waals surface area contributed by atoms with Crippen LogP contribution in [0.5, 0.6) is 0 Å². The molecule has 2 N–H and O–H groups in total. The Bertz CT molecular complexity index is 333. The number of aliphatic carboxylic acids is 1. The molecule has 0 amide bonds. The van der Waals surface area contributed by atoms with Crippen LogP contribution < -0.4 is 5.32 Å². The molecule has 0 rings (SSSR count). The Hall–Kier alpha value is -0.570. The van der Waals surface area contributed by atoms with E-state index in [4.69, 9.17) is 5.11 Å². The Kier molecular flexibility index (Phi) is 34.2. The van der Waals surface area contributed by atoms with E-state index in [0.717, 1.165) is 12.8 Å². The van der Waals surface area contributed by atoms with Crippen molar-refractivity contribution in [2.24, 2.45) is 0 Å². The van der Waals surface area contributed by atoms with Crippen molar-refractivity contribution >= 4 is 5.97 Å². The van der Waals surface area contributed by atoms with E-state index >= 15 is 0 Å². The van der Waals surface area contributed by atoms with Gasteiger partial charge in [-0.3, -0.25) is 4.79 Å². The highest BCUT2D eigenvalue weighted by atomic mass is 16.4. The van der Waals surface area contributed by atoms with Crippen molar-refractivity contribution in [3.63, 3.8) is 0 Å². The summed E-state index contributed by atoms with van der Waals surface area (Å²) in [6.07, 6.45) is 33.5. The van der Waals surface area contributed by atoms with Gasteiger partial charge >= 0.3 is 5.97 Å². The molecule has 3 nitrogen and oxygen atoms in total. The molecule has 0 aliphatic heterocycles. The molecule has 0 aromatic carbocycles. The van der Waals surface area contributed by atoms with Crippen molar-refractivity contribution < 1.29 is 9.90 Å². The van der Waals surface area contributed by atoms with Gasteiger partial charge in [-0.2, -0.15) is 0 Å². The van der Waals surface area contributed by atoms with Crippen LogP contribution in [0.15, 0.2) is 0 Å². The Labute approximate surface area is 202 Å². The van der Waals surface area contributed by atoms with Crippen molar-refractivity contribution in [2.45, 2.75) is 167 Å². The lowest BCUT2D eigenvalue weighted by Gasteiger charge is -2.04. The fourth-order valence-corrected chi connectivity index (χ4v) is 4.24. The van der Waals surface area contributed by atoms with E-state index in [1.165, 1.54) is 141 Å². The highest BCUT2D eigenvalue weighted by Gasteiger charge is 1.97. The average molecular weight is 456 g/mol. The molecular formula is C29H61NO2. The number of hydrogen-bond acceptors (Lipinski definition) is 2. The zero-order chi connectivity index (χ0) is 24.0. The Morgan fingerprint density at radius 1 is 0.469 bits per heavy atom. The van der Waals surface area contributed by atoms with Crippen molar-refractivity contribution in [3.05, 3.63) is 0 Å².